The van der Waals surface area contributed by atoms with Crippen molar-refractivity contribution in [3.63, 3.8) is 0 Å². The number of carbonyl (C=O) groups excluding carboxylic acids is 1. The zero-order chi connectivity index (χ0) is 18.7. The number of carbonyl (C=O) groups is 1. The normalized spacial score (nSPS) is 25.8. The van der Waals surface area contributed by atoms with E-state index in [1.54, 1.807) is 0 Å². The maximum atomic E-state index is 12.9. The lowest BCUT2D eigenvalue weighted by molar-refractivity contribution is -0.124. The second kappa shape index (κ2) is 7.61. The van der Waals surface area contributed by atoms with Crippen LogP contribution in [0.1, 0.15) is 45.6 Å². The molecule has 4 atom stereocenters. The van der Waals surface area contributed by atoms with E-state index in [4.69, 9.17) is 1.41 Å². The van der Waals surface area contributed by atoms with Crippen LogP contribution >= 0.6 is 0 Å². The van der Waals surface area contributed by atoms with Crippen LogP contribution in [0.5, 0.6) is 0 Å². The van der Waals surface area contributed by atoms with E-state index in [9.17, 15) is 4.79 Å². The number of nitrogens with two attached hydrogens (primary N) is 1. The fourth-order valence-electron chi connectivity index (χ4n) is 4.26. The number of fused-ring (bicyclic) bond motifs is 1. The van der Waals surface area contributed by atoms with E-state index in [1.807, 2.05) is 24.4 Å². The molecule has 25 heavy (non-hydrogen) atoms. The SMILES string of the molecule is [2H]N[C@@H](Cc1c[nH]c2ccccc12)C(=O)NC1CC(C)CCC1C(C)C. The summed E-state index contributed by atoms with van der Waals surface area (Å²) < 4.78 is 7.67. The van der Waals surface area contributed by atoms with E-state index in [0.29, 0.717) is 24.2 Å². The first-order valence-electron chi connectivity index (χ1n) is 10.0. The number of benzene rings is 1. The number of hydrogen-bond acceptors (Lipinski definition) is 2. The van der Waals surface area contributed by atoms with Crippen molar-refractivity contribution < 1.29 is 6.21 Å². The Labute approximate surface area is 152 Å². The van der Waals surface area contributed by atoms with Crippen molar-refractivity contribution >= 4 is 16.8 Å². The molecular formula is C21H31N3O. The van der Waals surface area contributed by atoms with Crippen LogP contribution < -0.4 is 11.0 Å². The number of para-hydroxylation sites is 1. The third-order valence-corrected chi connectivity index (χ3v) is 5.77. The maximum Gasteiger partial charge on any atom is 0.237 e. The zero-order valence-electron chi connectivity index (χ0n) is 16.5. The number of amides is 1. The molecule has 1 heterocycles. The summed E-state index contributed by atoms with van der Waals surface area (Å²) in [5, 5.41) is 4.38. The molecule has 1 aliphatic rings. The van der Waals surface area contributed by atoms with E-state index in [2.05, 4.69) is 42.9 Å². The molecule has 2 aromatic rings. The van der Waals surface area contributed by atoms with E-state index >= 15 is 0 Å². The minimum Gasteiger partial charge on any atom is -0.361 e. The second-order valence-electron chi connectivity index (χ2n) is 8.06. The second-order valence-corrected chi connectivity index (χ2v) is 8.06. The van der Waals surface area contributed by atoms with E-state index in [-0.39, 0.29) is 11.9 Å². The van der Waals surface area contributed by atoms with Gasteiger partial charge in [0.15, 0.2) is 0 Å². The first-order chi connectivity index (χ1) is 12.5. The third-order valence-electron chi connectivity index (χ3n) is 5.77. The number of nitrogens with one attached hydrogen (secondary N) is 2. The van der Waals surface area contributed by atoms with Gasteiger partial charge in [0.05, 0.1) is 6.04 Å². The fourth-order valence-corrected chi connectivity index (χ4v) is 4.26. The molecule has 1 aromatic heterocycles. The number of rotatable bonds is 6. The average Bonchev–Trinajstić information content (AvgIpc) is 3.02. The Morgan fingerprint density at radius 1 is 1.40 bits per heavy atom. The van der Waals surface area contributed by atoms with Gasteiger partial charge in [0, 0.05) is 23.1 Å². The van der Waals surface area contributed by atoms with Gasteiger partial charge in [-0.2, -0.15) is 0 Å². The van der Waals surface area contributed by atoms with Crippen LogP contribution in [0.2, 0.25) is 1.41 Å². The van der Waals surface area contributed by atoms with Gasteiger partial charge < -0.3 is 16.0 Å². The Morgan fingerprint density at radius 2 is 2.20 bits per heavy atom. The van der Waals surface area contributed by atoms with Crippen molar-refractivity contribution in [2.75, 3.05) is 0 Å². The van der Waals surface area contributed by atoms with Crippen LogP contribution in [0.15, 0.2) is 30.5 Å². The standard InChI is InChI=1S/C21H31N3O/c1-13(2)16-9-8-14(3)10-20(16)24-21(25)18(22)11-15-12-23-19-7-5-4-6-17(15)19/h4-7,12-14,16,18,20,23H,8-11,22H2,1-3H3,(H,24,25)/t14?,16?,18-,20?/m0/s1/i/hD. The Morgan fingerprint density at radius 3 is 2.96 bits per heavy atom. The largest absolute Gasteiger partial charge is 0.361 e. The van der Waals surface area contributed by atoms with Crippen LogP contribution in [-0.2, 0) is 11.2 Å². The highest BCUT2D eigenvalue weighted by atomic mass is 16.2. The van der Waals surface area contributed by atoms with Crippen molar-refractivity contribution in [2.24, 2.45) is 23.5 Å². The van der Waals surface area contributed by atoms with Crippen LogP contribution in [0.4, 0.5) is 0 Å². The predicted molar refractivity (Wildman–Crippen MR) is 103 cm³/mol. The van der Waals surface area contributed by atoms with Gasteiger partial charge >= 0.3 is 0 Å². The molecule has 0 radical (unpaired) electrons. The Bertz CT molecular complexity index is 742. The lowest BCUT2D eigenvalue weighted by atomic mass is 9.74. The summed E-state index contributed by atoms with van der Waals surface area (Å²) in [5.41, 5.74) is 4.60. The van der Waals surface area contributed by atoms with Crippen molar-refractivity contribution in [3.05, 3.63) is 36.0 Å². The van der Waals surface area contributed by atoms with Gasteiger partial charge in [-0.3, -0.25) is 4.79 Å². The number of H-pyrrole nitrogens is 1. The van der Waals surface area contributed by atoms with Crippen molar-refractivity contribution in [1.29, 1.82) is 0 Å². The molecule has 0 aliphatic heterocycles. The summed E-state index contributed by atoms with van der Waals surface area (Å²) in [7, 11) is 0. The molecule has 4 heteroatoms. The maximum absolute atomic E-state index is 12.9. The summed E-state index contributed by atoms with van der Waals surface area (Å²) in [5.74, 6) is 1.67. The molecule has 1 aromatic carbocycles. The lowest BCUT2D eigenvalue weighted by Crippen LogP contribution is -2.51. The molecule has 4 nitrogen and oxygen atoms in total. The Hall–Kier alpha value is -1.81. The smallest absolute Gasteiger partial charge is 0.237 e. The zero-order valence-corrected chi connectivity index (χ0v) is 15.5. The predicted octanol–water partition coefficient (Wildman–Crippen LogP) is 3.61. The molecule has 1 amide bonds. The van der Waals surface area contributed by atoms with Crippen molar-refractivity contribution in [2.45, 2.75) is 58.5 Å². The van der Waals surface area contributed by atoms with Crippen LogP contribution in [0, 0.1) is 17.8 Å². The highest BCUT2D eigenvalue weighted by molar-refractivity contribution is 5.86. The summed E-state index contributed by atoms with van der Waals surface area (Å²) in [4.78, 5) is 16.1. The first-order valence-corrected chi connectivity index (χ1v) is 9.52. The summed E-state index contributed by atoms with van der Waals surface area (Å²) in [6.45, 7) is 6.75. The molecule has 0 bridgehead atoms. The minimum absolute atomic E-state index is 0.0602. The molecule has 1 aliphatic carbocycles. The van der Waals surface area contributed by atoms with E-state index in [0.717, 1.165) is 22.9 Å². The molecular weight excluding hydrogens is 310 g/mol. The third kappa shape index (κ3) is 4.06. The van der Waals surface area contributed by atoms with Crippen molar-refractivity contribution in [3.8, 4) is 0 Å². The Kier molecular flexibility index (Phi) is 5.07. The molecule has 136 valence electrons. The van der Waals surface area contributed by atoms with Crippen LogP contribution in [0.25, 0.3) is 10.9 Å². The van der Waals surface area contributed by atoms with Gasteiger partial charge in [0.1, 0.15) is 1.41 Å². The topological polar surface area (TPSA) is 70.9 Å². The van der Waals surface area contributed by atoms with Gasteiger partial charge in [-0.05, 0) is 48.6 Å². The minimum atomic E-state index is -0.542. The number of aromatic nitrogens is 1. The van der Waals surface area contributed by atoms with E-state index in [1.165, 1.54) is 12.8 Å². The van der Waals surface area contributed by atoms with Gasteiger partial charge in [0.25, 0.3) is 0 Å². The van der Waals surface area contributed by atoms with Crippen molar-refractivity contribution in [1.82, 2.24) is 10.3 Å². The fraction of sp³-hybridized carbons (Fsp3) is 0.571. The number of hydrogen-bond donors (Lipinski definition) is 3. The molecule has 3 unspecified atom stereocenters. The monoisotopic (exact) mass is 342 g/mol. The van der Waals surface area contributed by atoms with Gasteiger partial charge in [-0.25, -0.2) is 0 Å². The van der Waals surface area contributed by atoms with Gasteiger partial charge in [0.2, 0.25) is 5.91 Å². The summed E-state index contributed by atoms with van der Waals surface area (Å²) in [6.07, 6.45) is 5.90. The summed E-state index contributed by atoms with van der Waals surface area (Å²) in [6, 6.07) is 7.74. The summed E-state index contributed by atoms with van der Waals surface area (Å²) >= 11 is 0. The molecule has 1 fully saturated rings. The Balaban J connectivity index is 1.70. The first kappa shape index (κ1) is 16.6. The van der Waals surface area contributed by atoms with Crippen LogP contribution in [0.3, 0.4) is 0 Å². The average molecular weight is 343 g/mol. The highest BCUT2D eigenvalue weighted by Gasteiger charge is 2.32. The molecule has 1 saturated carbocycles. The van der Waals surface area contributed by atoms with Gasteiger partial charge in [-0.15, -0.1) is 0 Å². The highest BCUT2D eigenvalue weighted by Crippen LogP contribution is 2.33. The van der Waals surface area contributed by atoms with Crippen LogP contribution in [-0.4, -0.2) is 23.0 Å². The van der Waals surface area contributed by atoms with Gasteiger partial charge in [-0.1, -0.05) is 45.4 Å². The van der Waals surface area contributed by atoms with E-state index < -0.39 is 6.04 Å². The molecule has 0 spiro atoms. The molecule has 0 saturated heterocycles. The lowest BCUT2D eigenvalue weighted by Gasteiger charge is -2.38. The number of aromatic amines is 1. The quantitative estimate of drug-likeness (QED) is 0.750. The molecule has 3 rings (SSSR count). The molecule has 4 N–H and O–H groups in total.